The molecular formula is C21H19N3O4S. The number of ether oxygens (including phenoxy) is 1. The summed E-state index contributed by atoms with van der Waals surface area (Å²) in [6, 6.07) is 14.8. The highest BCUT2D eigenvalue weighted by Crippen LogP contribution is 2.26. The van der Waals surface area contributed by atoms with Crippen LogP contribution in [0.15, 0.2) is 63.1 Å². The first-order valence-electron chi connectivity index (χ1n) is 9.12. The summed E-state index contributed by atoms with van der Waals surface area (Å²) in [4.78, 5) is 28.7. The first-order valence-corrected chi connectivity index (χ1v) is 10.00. The van der Waals surface area contributed by atoms with Crippen LogP contribution in [0, 0.1) is 0 Å². The van der Waals surface area contributed by atoms with Gasteiger partial charge in [-0.15, -0.1) is 11.3 Å². The van der Waals surface area contributed by atoms with Gasteiger partial charge < -0.3 is 14.5 Å². The fraction of sp³-hybridized carbons (Fsp3) is 0.190. The van der Waals surface area contributed by atoms with E-state index >= 15 is 0 Å². The molecule has 0 bridgehead atoms. The Morgan fingerprint density at radius 3 is 2.79 bits per heavy atom. The smallest absolute Gasteiger partial charge is 0.419 e. The van der Waals surface area contributed by atoms with Gasteiger partial charge in [-0.1, -0.05) is 12.1 Å². The second-order valence-electron chi connectivity index (χ2n) is 6.41. The molecule has 4 aromatic rings. The van der Waals surface area contributed by atoms with Crippen molar-refractivity contribution >= 4 is 33.5 Å². The first kappa shape index (κ1) is 18.9. The molecule has 0 aliphatic rings. The van der Waals surface area contributed by atoms with E-state index in [0.717, 1.165) is 22.5 Å². The Bertz CT molecular complexity index is 1190. The summed E-state index contributed by atoms with van der Waals surface area (Å²) >= 11 is 1.37. The molecule has 0 spiro atoms. The molecule has 0 saturated carbocycles. The van der Waals surface area contributed by atoms with Crippen LogP contribution in [-0.2, 0) is 11.3 Å². The molecule has 0 aliphatic heterocycles. The number of oxazole rings is 1. The van der Waals surface area contributed by atoms with E-state index in [1.54, 1.807) is 17.7 Å². The van der Waals surface area contributed by atoms with E-state index in [-0.39, 0.29) is 12.3 Å². The molecule has 29 heavy (non-hydrogen) atoms. The molecule has 2 aromatic carbocycles. The fourth-order valence-electron chi connectivity index (χ4n) is 3.03. The average molecular weight is 409 g/mol. The monoisotopic (exact) mass is 409 g/mol. The average Bonchev–Trinajstić information content (AvgIpc) is 3.32. The summed E-state index contributed by atoms with van der Waals surface area (Å²) in [5, 5.41) is 5.26. The number of aryl methyl sites for hydroxylation is 1. The zero-order valence-corrected chi connectivity index (χ0v) is 16.6. The SMILES string of the molecule is COc1ccc(-c2csc(NC(=O)CCCn3c(=O)oc4ccccc43)n2)cc1. The van der Waals surface area contributed by atoms with E-state index in [1.807, 2.05) is 47.8 Å². The predicted molar refractivity (Wildman–Crippen MR) is 112 cm³/mol. The molecule has 0 radical (unpaired) electrons. The number of hydrogen-bond acceptors (Lipinski definition) is 6. The van der Waals surface area contributed by atoms with Crippen LogP contribution >= 0.6 is 11.3 Å². The van der Waals surface area contributed by atoms with Gasteiger partial charge in [-0.05, 0) is 42.8 Å². The molecule has 2 heterocycles. The Morgan fingerprint density at radius 2 is 2.00 bits per heavy atom. The fourth-order valence-corrected chi connectivity index (χ4v) is 3.77. The number of rotatable bonds is 7. The minimum absolute atomic E-state index is 0.138. The number of thiazole rings is 1. The van der Waals surface area contributed by atoms with Gasteiger partial charge in [0.1, 0.15) is 5.75 Å². The summed E-state index contributed by atoms with van der Waals surface area (Å²) in [5.41, 5.74) is 3.04. The number of nitrogens with zero attached hydrogens (tertiary/aromatic N) is 2. The Kier molecular flexibility index (Phi) is 5.44. The molecule has 1 N–H and O–H groups in total. The first-order chi connectivity index (χ1) is 14.1. The summed E-state index contributed by atoms with van der Waals surface area (Å²) in [6.45, 7) is 0.415. The van der Waals surface area contributed by atoms with Crippen LogP contribution in [0.25, 0.3) is 22.4 Å². The minimum Gasteiger partial charge on any atom is -0.497 e. The topological polar surface area (TPSA) is 86.4 Å². The maximum Gasteiger partial charge on any atom is 0.419 e. The van der Waals surface area contributed by atoms with Gasteiger partial charge in [-0.3, -0.25) is 9.36 Å². The maximum atomic E-state index is 12.2. The molecule has 2 aromatic heterocycles. The standard InChI is InChI=1S/C21H19N3O4S/c1-27-15-10-8-14(9-11-15)16-13-29-20(22-16)23-19(25)7-4-12-24-17-5-2-3-6-18(17)28-21(24)26/h2-3,5-6,8-11,13H,4,7,12H2,1H3,(H,22,23,25). The Morgan fingerprint density at radius 1 is 1.21 bits per heavy atom. The third-order valence-electron chi connectivity index (χ3n) is 4.50. The van der Waals surface area contributed by atoms with Crippen molar-refractivity contribution in [2.45, 2.75) is 19.4 Å². The van der Waals surface area contributed by atoms with Gasteiger partial charge in [0.2, 0.25) is 5.91 Å². The van der Waals surface area contributed by atoms with E-state index in [2.05, 4.69) is 10.3 Å². The third kappa shape index (κ3) is 4.22. The number of amides is 1. The lowest BCUT2D eigenvalue weighted by atomic mass is 10.2. The zero-order valence-electron chi connectivity index (χ0n) is 15.8. The van der Waals surface area contributed by atoms with Crippen molar-refractivity contribution in [1.29, 1.82) is 0 Å². The Balaban J connectivity index is 1.33. The number of nitrogens with one attached hydrogen (secondary N) is 1. The normalized spacial score (nSPS) is 10.9. The summed E-state index contributed by atoms with van der Waals surface area (Å²) in [5.74, 6) is 0.235. The largest absolute Gasteiger partial charge is 0.497 e. The molecule has 0 unspecified atom stereocenters. The van der Waals surface area contributed by atoms with Gasteiger partial charge in [0.15, 0.2) is 10.7 Å². The summed E-state index contributed by atoms with van der Waals surface area (Å²) < 4.78 is 11.9. The van der Waals surface area contributed by atoms with Gasteiger partial charge >= 0.3 is 5.76 Å². The van der Waals surface area contributed by atoms with Gasteiger partial charge in [-0.25, -0.2) is 9.78 Å². The van der Waals surface area contributed by atoms with Crippen molar-refractivity contribution < 1.29 is 13.9 Å². The number of methoxy groups -OCH3 is 1. The molecule has 0 saturated heterocycles. The number of hydrogen-bond donors (Lipinski definition) is 1. The molecule has 1 amide bonds. The second-order valence-corrected chi connectivity index (χ2v) is 7.26. The van der Waals surface area contributed by atoms with Crippen LogP contribution in [0.4, 0.5) is 5.13 Å². The predicted octanol–water partition coefficient (Wildman–Crippen LogP) is 4.15. The number of carbonyl (C=O) groups is 1. The van der Waals surface area contributed by atoms with E-state index in [0.29, 0.717) is 23.7 Å². The van der Waals surface area contributed by atoms with Gasteiger partial charge in [0.25, 0.3) is 0 Å². The van der Waals surface area contributed by atoms with Gasteiger partial charge in [-0.2, -0.15) is 0 Å². The second kappa shape index (κ2) is 8.32. The van der Waals surface area contributed by atoms with Crippen LogP contribution in [0.5, 0.6) is 5.75 Å². The van der Waals surface area contributed by atoms with E-state index in [9.17, 15) is 9.59 Å². The molecule has 0 atom stereocenters. The van der Waals surface area contributed by atoms with Gasteiger partial charge in [0, 0.05) is 23.9 Å². The van der Waals surface area contributed by atoms with E-state index in [1.165, 1.54) is 11.3 Å². The van der Waals surface area contributed by atoms with Crippen LogP contribution in [0.1, 0.15) is 12.8 Å². The van der Waals surface area contributed by atoms with Crippen molar-refractivity contribution in [2.24, 2.45) is 0 Å². The lowest BCUT2D eigenvalue weighted by molar-refractivity contribution is -0.116. The van der Waals surface area contributed by atoms with Crippen molar-refractivity contribution in [1.82, 2.24) is 9.55 Å². The number of fused-ring (bicyclic) bond motifs is 1. The highest BCUT2D eigenvalue weighted by molar-refractivity contribution is 7.14. The van der Waals surface area contributed by atoms with Crippen LogP contribution in [0.2, 0.25) is 0 Å². The van der Waals surface area contributed by atoms with Crippen LogP contribution in [0.3, 0.4) is 0 Å². The number of anilines is 1. The Hall–Kier alpha value is -3.39. The van der Waals surface area contributed by atoms with Gasteiger partial charge in [0.05, 0.1) is 18.3 Å². The van der Waals surface area contributed by atoms with E-state index in [4.69, 9.17) is 9.15 Å². The van der Waals surface area contributed by atoms with Crippen molar-refractivity contribution in [3.05, 3.63) is 64.5 Å². The van der Waals surface area contributed by atoms with Crippen LogP contribution < -0.4 is 15.8 Å². The lowest BCUT2D eigenvalue weighted by Gasteiger charge is -2.03. The molecule has 0 aliphatic carbocycles. The lowest BCUT2D eigenvalue weighted by Crippen LogP contribution is -2.17. The van der Waals surface area contributed by atoms with Crippen molar-refractivity contribution in [2.75, 3.05) is 12.4 Å². The number of aromatic nitrogens is 2. The molecule has 148 valence electrons. The van der Waals surface area contributed by atoms with Crippen molar-refractivity contribution in [3.63, 3.8) is 0 Å². The molecule has 4 rings (SSSR count). The zero-order chi connectivity index (χ0) is 20.2. The molecular weight excluding hydrogens is 390 g/mol. The third-order valence-corrected chi connectivity index (χ3v) is 5.25. The number of carbonyl (C=O) groups excluding carboxylic acids is 1. The Labute approximate surface area is 170 Å². The highest BCUT2D eigenvalue weighted by atomic mass is 32.1. The number of benzene rings is 2. The quantitative estimate of drug-likeness (QED) is 0.496. The summed E-state index contributed by atoms with van der Waals surface area (Å²) in [7, 11) is 1.62. The van der Waals surface area contributed by atoms with Crippen LogP contribution in [-0.4, -0.2) is 22.6 Å². The van der Waals surface area contributed by atoms with Crippen molar-refractivity contribution in [3.8, 4) is 17.0 Å². The molecule has 8 heteroatoms. The van der Waals surface area contributed by atoms with E-state index < -0.39 is 5.76 Å². The highest BCUT2D eigenvalue weighted by Gasteiger charge is 2.11. The molecule has 7 nitrogen and oxygen atoms in total. The summed E-state index contributed by atoms with van der Waals surface area (Å²) in [6.07, 6.45) is 0.801. The number of para-hydroxylation sites is 2. The maximum absolute atomic E-state index is 12.2. The minimum atomic E-state index is -0.407. The molecule has 0 fully saturated rings.